The lowest BCUT2D eigenvalue weighted by Gasteiger charge is -2.38. The lowest BCUT2D eigenvalue weighted by molar-refractivity contribution is -0.153. The van der Waals surface area contributed by atoms with Gasteiger partial charge in [0.05, 0.1) is 12.6 Å². The minimum atomic E-state index is -1.50. The number of rotatable bonds is 27. The minimum absolute atomic E-state index is 0.0347. The van der Waals surface area contributed by atoms with Crippen LogP contribution in [0, 0.1) is 47.3 Å². The average molecular weight is 1430 g/mol. The number of carbonyl (C=O) groups is 11. The Bertz CT molecular complexity index is 3410. The van der Waals surface area contributed by atoms with Crippen LogP contribution in [0.4, 0.5) is 0 Å². The van der Waals surface area contributed by atoms with Crippen molar-refractivity contribution in [3.05, 3.63) is 93.5 Å². The number of likely N-dealkylation sites (tertiary alicyclic amines) is 3. The lowest BCUT2D eigenvalue weighted by Crippen LogP contribution is -2.62. The zero-order valence-corrected chi connectivity index (χ0v) is 64.8. The molecule has 102 heavy (non-hydrogen) atoms. The molecule has 10 amide bonds. The normalized spacial score (nSPS) is 23.2. The molecular formula is C79H118N10O12S. The molecular weight excluding hydrogens is 1310 g/mol. The van der Waals surface area contributed by atoms with E-state index in [1.165, 1.54) is 74.7 Å². The standard InChI is InChI=1S/C79H118N10O12S/c1-45(2)34-60(81-72(94)64-37-50(11)43-88(64)75(97)61(35-46(3)4)82-73(95)70(52(13)90)86(18)77(99)65-38-51(12)44-89(65)79(101)68(48(7)8)83(15)53(14)91)74(96)85(17)69(49(9)10)78(100)87-33-25-30-62(87)76(98)84(16)63(36-47(5)6)71(93)80-42-67(92)102-66-41-58-40-55-27-22-19-21-26-54(55)31-32-56(58)39-57-28-23-20-24-29-59(57)66/h19,21-22,26-27,31-32,39-41,45-52,59-65,68-70,90H,20,23-25,28-30,33-38,42-44H2,1-18H3,(H,80,93)(H,81,94)(H,82,95)/t50-,51-,52?,59?,60+,61+,62+,63-,64+,65+,68+,69+,70+/m1/s1. The number of fused-ring (bicyclic) bond motifs is 3. The first-order valence-electron chi connectivity index (χ1n) is 37.4. The molecule has 0 aromatic heterocycles. The van der Waals surface area contributed by atoms with Crippen LogP contribution in [0.25, 0.3) is 0 Å². The number of aliphatic hydroxyl groups excluding tert-OH is 1. The van der Waals surface area contributed by atoms with Crippen molar-refractivity contribution >= 4 is 75.9 Å². The molecule has 562 valence electrons. The van der Waals surface area contributed by atoms with Gasteiger partial charge in [-0.1, -0.05) is 162 Å². The number of hydrogen-bond donors (Lipinski definition) is 4. The summed E-state index contributed by atoms with van der Waals surface area (Å²) in [5.74, 6) is -6.50. The number of aliphatic hydroxyl groups is 1. The van der Waals surface area contributed by atoms with Gasteiger partial charge in [0.15, 0.2) is 0 Å². The molecule has 1 saturated carbocycles. The topological polar surface area (TPSA) is 267 Å². The van der Waals surface area contributed by atoms with Gasteiger partial charge in [0.2, 0.25) is 64.2 Å². The number of allylic oxidation sites excluding steroid dienone is 16. The summed E-state index contributed by atoms with van der Waals surface area (Å²) in [4.78, 5) is 170. The summed E-state index contributed by atoms with van der Waals surface area (Å²) in [6, 6.07) is -9.81. The Hall–Kier alpha value is -7.40. The van der Waals surface area contributed by atoms with Crippen molar-refractivity contribution < 1.29 is 57.8 Å². The van der Waals surface area contributed by atoms with E-state index in [0.29, 0.717) is 12.8 Å². The summed E-state index contributed by atoms with van der Waals surface area (Å²) in [5.41, 5.74) is 5.59. The van der Waals surface area contributed by atoms with Gasteiger partial charge < -0.3 is 55.4 Å². The molecule has 7 aliphatic rings. The summed E-state index contributed by atoms with van der Waals surface area (Å²) >= 11 is 1.17. The number of hydrogen-bond acceptors (Lipinski definition) is 13. The molecule has 4 fully saturated rings. The molecule has 0 aromatic rings. The minimum Gasteiger partial charge on any atom is -0.391 e. The van der Waals surface area contributed by atoms with Crippen molar-refractivity contribution in [2.75, 3.05) is 54.4 Å². The van der Waals surface area contributed by atoms with Crippen LogP contribution in [0.2, 0.25) is 0 Å². The Morgan fingerprint density at radius 2 is 1.13 bits per heavy atom. The van der Waals surface area contributed by atoms with Crippen molar-refractivity contribution in [3.63, 3.8) is 0 Å². The first-order valence-corrected chi connectivity index (χ1v) is 38.2. The zero-order chi connectivity index (χ0) is 75.5. The Kier molecular flexibility index (Phi) is 29.2. The van der Waals surface area contributed by atoms with Gasteiger partial charge in [-0.2, -0.15) is 0 Å². The van der Waals surface area contributed by atoms with E-state index in [2.05, 4.69) is 58.5 Å². The van der Waals surface area contributed by atoms with E-state index >= 15 is 14.4 Å². The smallest absolute Gasteiger partial charge is 0.246 e. The second-order valence-corrected chi connectivity index (χ2v) is 32.9. The predicted molar refractivity (Wildman–Crippen MR) is 398 cm³/mol. The summed E-state index contributed by atoms with van der Waals surface area (Å²) in [7, 11) is 6.01. The van der Waals surface area contributed by atoms with Gasteiger partial charge in [-0.25, -0.2) is 0 Å². The summed E-state index contributed by atoms with van der Waals surface area (Å²) in [6.07, 6.45) is 26.7. The third-order valence-electron chi connectivity index (χ3n) is 21.1. The van der Waals surface area contributed by atoms with Gasteiger partial charge in [0.25, 0.3) is 0 Å². The molecule has 7 rings (SSSR count). The highest BCUT2D eigenvalue weighted by Gasteiger charge is 2.49. The third-order valence-corrected chi connectivity index (χ3v) is 22.1. The van der Waals surface area contributed by atoms with Crippen molar-refractivity contribution in [2.45, 2.75) is 234 Å². The van der Waals surface area contributed by atoms with Gasteiger partial charge in [-0.05, 0) is 147 Å². The molecule has 3 saturated heterocycles. The lowest BCUT2D eigenvalue weighted by atomic mass is 9.93. The van der Waals surface area contributed by atoms with Gasteiger partial charge in [-0.3, -0.25) is 52.7 Å². The van der Waals surface area contributed by atoms with Crippen LogP contribution >= 0.6 is 11.8 Å². The number of amides is 10. The fourth-order valence-corrected chi connectivity index (χ4v) is 16.9. The van der Waals surface area contributed by atoms with Gasteiger partial charge in [-0.15, -0.1) is 0 Å². The van der Waals surface area contributed by atoms with E-state index < -0.39 is 120 Å². The third kappa shape index (κ3) is 20.1. The van der Waals surface area contributed by atoms with Crippen LogP contribution in [0.1, 0.15) is 174 Å². The molecule has 0 bridgehead atoms. The Morgan fingerprint density at radius 1 is 0.549 bits per heavy atom. The van der Waals surface area contributed by atoms with Crippen LogP contribution in [0.5, 0.6) is 0 Å². The van der Waals surface area contributed by atoms with Crippen molar-refractivity contribution in [1.29, 1.82) is 0 Å². The number of nitrogens with zero attached hydrogens (tertiary/aromatic N) is 7. The fraction of sp³-hybridized carbons (Fsp3) is 0.658. The number of nitrogens with one attached hydrogen (secondary N) is 3. The highest BCUT2D eigenvalue weighted by atomic mass is 32.2. The number of thioether (sulfide) groups is 1. The van der Waals surface area contributed by atoms with Crippen molar-refractivity contribution in [2.24, 2.45) is 47.3 Å². The number of likely N-dealkylation sites (N-methyl/N-ethyl adjacent to an activating group) is 4. The van der Waals surface area contributed by atoms with Crippen LogP contribution < -0.4 is 16.0 Å². The quantitative estimate of drug-likeness (QED) is 0.0605. The molecule has 2 unspecified atom stereocenters. The van der Waals surface area contributed by atoms with E-state index in [9.17, 15) is 43.5 Å². The highest BCUT2D eigenvalue weighted by Crippen LogP contribution is 2.44. The summed E-state index contributed by atoms with van der Waals surface area (Å²) in [5, 5.41) is 19.8. The van der Waals surface area contributed by atoms with Crippen LogP contribution in [0.15, 0.2) is 93.5 Å². The maximum atomic E-state index is 15.2. The van der Waals surface area contributed by atoms with Crippen molar-refractivity contribution in [1.82, 2.24) is 50.2 Å². The second kappa shape index (κ2) is 36.3. The van der Waals surface area contributed by atoms with E-state index in [1.54, 1.807) is 14.1 Å². The largest absolute Gasteiger partial charge is 0.391 e. The summed E-state index contributed by atoms with van der Waals surface area (Å²) in [6.45, 7) is 25.6. The molecule has 13 atom stereocenters. The molecule has 22 nitrogen and oxygen atoms in total. The average Bonchev–Trinajstić information content (AvgIpc) is 1.57. The number of carbonyl (C=O) groups excluding carboxylic acids is 11. The SMILES string of the molecule is CC(=O)N(C)[C@H](C(=O)N1C[C@H](C)C[C@H]1C(=O)N(C)[C@H](C(=O)N[C@@H](CC(C)C)C(=O)N1C[C@H](C)C[C@H]1C(=O)N[C@@H](CC(C)C)C(=O)N(C)[C@H](C(=O)N1CCC[C@H]1C(=O)N(C)[C@H](CC(C)C)C(=O)NCC(=O)SC1=CC2=CC3=CC=CC=CC3=CC=C2C=C2CCCCCC21)C(C)C)C(C)O)C(C)C. The van der Waals surface area contributed by atoms with Crippen LogP contribution in [0.3, 0.4) is 0 Å². The molecule has 0 radical (unpaired) electrons. The predicted octanol–water partition coefficient (Wildman–Crippen LogP) is 8.21. The molecule has 0 aromatic carbocycles. The van der Waals surface area contributed by atoms with E-state index in [0.717, 1.165) is 64.2 Å². The van der Waals surface area contributed by atoms with E-state index in [4.69, 9.17) is 0 Å². The molecule has 3 aliphatic heterocycles. The maximum Gasteiger partial charge on any atom is 0.246 e. The first kappa shape index (κ1) is 81.9. The highest BCUT2D eigenvalue weighted by molar-refractivity contribution is 8.17. The molecule has 4 aliphatic carbocycles. The van der Waals surface area contributed by atoms with Gasteiger partial charge >= 0.3 is 0 Å². The monoisotopic (exact) mass is 1430 g/mol. The van der Waals surface area contributed by atoms with Crippen molar-refractivity contribution in [3.8, 4) is 0 Å². The summed E-state index contributed by atoms with van der Waals surface area (Å²) < 4.78 is 0. The fourth-order valence-electron chi connectivity index (χ4n) is 15.9. The van der Waals surface area contributed by atoms with Gasteiger partial charge in [0.1, 0.15) is 54.4 Å². The first-order chi connectivity index (χ1) is 48.0. The zero-order valence-electron chi connectivity index (χ0n) is 64.0. The maximum absolute atomic E-state index is 15.2. The van der Waals surface area contributed by atoms with E-state index in [-0.39, 0.29) is 111 Å². The Balaban J connectivity index is 1.02. The van der Waals surface area contributed by atoms with Gasteiger partial charge in [0, 0.05) is 65.6 Å². The molecule has 3 heterocycles. The second-order valence-electron chi connectivity index (χ2n) is 31.8. The van der Waals surface area contributed by atoms with E-state index in [1.807, 2.05) is 101 Å². The Morgan fingerprint density at radius 3 is 1.75 bits per heavy atom. The van der Waals surface area contributed by atoms with Crippen LogP contribution in [-0.4, -0.2) is 218 Å². The molecule has 4 N–H and O–H groups in total. The molecule has 0 spiro atoms. The molecule has 23 heteroatoms. The van der Waals surface area contributed by atoms with Crippen LogP contribution in [-0.2, 0) is 52.7 Å². The Labute approximate surface area is 610 Å².